The molecule has 2 heterocycles. The second-order valence-electron chi connectivity index (χ2n) is 5.21. The number of unbranched alkanes of at least 4 members (excludes halogenated alkanes) is 1. The number of aryl methyl sites for hydroxylation is 1. The van der Waals surface area contributed by atoms with Gasteiger partial charge < -0.3 is 14.1 Å². The number of benzene rings is 1. The van der Waals surface area contributed by atoms with Gasteiger partial charge in [-0.3, -0.25) is 0 Å². The largest absolute Gasteiger partial charge is 0.464 e. The molecule has 0 aliphatic rings. The summed E-state index contributed by atoms with van der Waals surface area (Å²) in [5, 5.41) is 0.978. The van der Waals surface area contributed by atoms with E-state index in [0.29, 0.717) is 18.1 Å². The summed E-state index contributed by atoms with van der Waals surface area (Å²) in [6.07, 6.45) is 6.07. The molecule has 3 aromatic rings. The maximum atomic E-state index is 12.0. The van der Waals surface area contributed by atoms with Crippen LogP contribution in [0.1, 0.15) is 29.2 Å². The molecule has 0 atom stereocenters. The Morgan fingerprint density at radius 1 is 1.43 bits per heavy atom. The molecule has 0 amide bonds. The highest BCUT2D eigenvalue weighted by atomic mass is 16.5. The highest BCUT2D eigenvalue weighted by Gasteiger charge is 2.23. The molecule has 5 nitrogen and oxygen atoms in total. The molecule has 0 unspecified atom stereocenters. The minimum absolute atomic E-state index is 0.214. The quantitative estimate of drug-likeness (QED) is 0.422. The van der Waals surface area contributed by atoms with Crippen molar-refractivity contribution in [2.45, 2.75) is 19.3 Å². The number of allylic oxidation sites excluding steroid dienone is 1. The van der Waals surface area contributed by atoms with Crippen molar-refractivity contribution >= 4 is 16.9 Å². The topological polar surface area (TPSA) is 68.1 Å². The van der Waals surface area contributed by atoms with Gasteiger partial charge in [0.15, 0.2) is 17.3 Å². The number of fused-ring (bicyclic) bond motifs is 1. The molecule has 0 saturated heterocycles. The van der Waals surface area contributed by atoms with E-state index in [9.17, 15) is 4.79 Å². The van der Waals surface area contributed by atoms with Crippen molar-refractivity contribution in [2.24, 2.45) is 0 Å². The van der Waals surface area contributed by atoms with E-state index in [1.807, 2.05) is 36.5 Å². The maximum Gasteiger partial charge on any atom is 0.360 e. The zero-order valence-electron chi connectivity index (χ0n) is 13.0. The van der Waals surface area contributed by atoms with Gasteiger partial charge in [-0.1, -0.05) is 24.3 Å². The highest BCUT2D eigenvalue weighted by molar-refractivity contribution is 6.00. The van der Waals surface area contributed by atoms with E-state index in [1.54, 1.807) is 0 Å². The Kier molecular flexibility index (Phi) is 4.28. The number of ether oxygens (including phenoxy) is 1. The number of nitrogens with one attached hydrogen (secondary N) is 1. The molecule has 3 rings (SSSR count). The SMILES string of the molecule is C=CCCCc1nc(C(=O)OC)c(-c2c[nH]c3ccccc23)o1. The number of rotatable bonds is 6. The molecule has 5 heteroatoms. The number of methoxy groups -OCH3 is 1. The van der Waals surface area contributed by atoms with E-state index in [-0.39, 0.29) is 5.69 Å². The molecule has 0 aliphatic heterocycles. The number of carbonyl (C=O) groups is 1. The van der Waals surface area contributed by atoms with Gasteiger partial charge in [-0.05, 0) is 18.9 Å². The van der Waals surface area contributed by atoms with Crippen molar-refractivity contribution in [1.29, 1.82) is 0 Å². The average molecular weight is 310 g/mol. The van der Waals surface area contributed by atoms with Crippen LogP contribution in [-0.2, 0) is 11.2 Å². The number of para-hydroxylation sites is 1. The average Bonchev–Trinajstić information content (AvgIpc) is 3.18. The molecule has 23 heavy (non-hydrogen) atoms. The Hall–Kier alpha value is -2.82. The number of nitrogens with zero attached hydrogens (tertiary/aromatic N) is 1. The van der Waals surface area contributed by atoms with Crippen molar-refractivity contribution in [3.05, 3.63) is 54.7 Å². The lowest BCUT2D eigenvalue weighted by Gasteiger charge is -1.98. The number of oxazole rings is 1. The summed E-state index contributed by atoms with van der Waals surface area (Å²) in [5.41, 5.74) is 2.00. The van der Waals surface area contributed by atoms with Gasteiger partial charge in [-0.15, -0.1) is 6.58 Å². The van der Waals surface area contributed by atoms with Gasteiger partial charge in [-0.25, -0.2) is 9.78 Å². The van der Waals surface area contributed by atoms with Crippen LogP contribution >= 0.6 is 0 Å². The molecule has 1 aromatic carbocycles. The fourth-order valence-electron chi connectivity index (χ4n) is 2.55. The van der Waals surface area contributed by atoms with Crippen LogP contribution in [0.15, 0.2) is 47.5 Å². The van der Waals surface area contributed by atoms with E-state index in [4.69, 9.17) is 9.15 Å². The smallest absolute Gasteiger partial charge is 0.360 e. The Balaban J connectivity index is 2.05. The van der Waals surface area contributed by atoms with Crippen LogP contribution in [0.4, 0.5) is 0 Å². The summed E-state index contributed by atoms with van der Waals surface area (Å²) in [7, 11) is 1.34. The molecule has 0 fully saturated rings. The number of aromatic nitrogens is 2. The number of hydrogen-bond donors (Lipinski definition) is 1. The Morgan fingerprint density at radius 3 is 3.04 bits per heavy atom. The third-order valence-corrected chi connectivity index (χ3v) is 3.68. The zero-order valence-corrected chi connectivity index (χ0v) is 13.0. The van der Waals surface area contributed by atoms with Crippen LogP contribution in [0.5, 0.6) is 0 Å². The third-order valence-electron chi connectivity index (χ3n) is 3.68. The Morgan fingerprint density at radius 2 is 2.26 bits per heavy atom. The third kappa shape index (κ3) is 2.90. The molecular weight excluding hydrogens is 292 g/mol. The lowest BCUT2D eigenvalue weighted by atomic mass is 10.1. The van der Waals surface area contributed by atoms with Crippen LogP contribution < -0.4 is 0 Å². The van der Waals surface area contributed by atoms with E-state index in [2.05, 4.69) is 16.5 Å². The molecular formula is C18H18N2O3. The van der Waals surface area contributed by atoms with Gasteiger partial charge in [0.2, 0.25) is 0 Å². The van der Waals surface area contributed by atoms with Gasteiger partial charge in [-0.2, -0.15) is 0 Å². The van der Waals surface area contributed by atoms with Gasteiger partial charge >= 0.3 is 5.97 Å². The van der Waals surface area contributed by atoms with Crippen molar-refractivity contribution in [3.63, 3.8) is 0 Å². The number of aromatic amines is 1. The minimum Gasteiger partial charge on any atom is -0.464 e. The van der Waals surface area contributed by atoms with E-state index in [0.717, 1.165) is 29.3 Å². The number of hydrogen-bond acceptors (Lipinski definition) is 4. The molecule has 0 spiro atoms. The zero-order chi connectivity index (χ0) is 16.2. The second kappa shape index (κ2) is 6.52. The first-order chi connectivity index (χ1) is 11.2. The second-order valence-corrected chi connectivity index (χ2v) is 5.21. The van der Waals surface area contributed by atoms with E-state index < -0.39 is 5.97 Å². The first-order valence-corrected chi connectivity index (χ1v) is 7.50. The van der Waals surface area contributed by atoms with Gasteiger partial charge in [0.25, 0.3) is 0 Å². The summed E-state index contributed by atoms with van der Waals surface area (Å²) in [5.74, 6) is 0.486. The van der Waals surface area contributed by atoms with Gasteiger partial charge in [0.1, 0.15) is 0 Å². The Labute approximate surface area is 134 Å². The summed E-state index contributed by atoms with van der Waals surface area (Å²) in [4.78, 5) is 19.5. The van der Waals surface area contributed by atoms with Crippen molar-refractivity contribution in [1.82, 2.24) is 9.97 Å². The van der Waals surface area contributed by atoms with Crippen LogP contribution in [0.25, 0.3) is 22.2 Å². The first-order valence-electron chi connectivity index (χ1n) is 7.50. The van der Waals surface area contributed by atoms with Crippen LogP contribution in [0.2, 0.25) is 0 Å². The van der Waals surface area contributed by atoms with E-state index >= 15 is 0 Å². The van der Waals surface area contributed by atoms with Crippen LogP contribution in [-0.4, -0.2) is 23.0 Å². The van der Waals surface area contributed by atoms with Crippen molar-refractivity contribution < 1.29 is 13.9 Å². The summed E-state index contributed by atoms with van der Waals surface area (Å²) in [6.45, 7) is 3.70. The summed E-state index contributed by atoms with van der Waals surface area (Å²) >= 11 is 0. The van der Waals surface area contributed by atoms with Crippen molar-refractivity contribution in [3.8, 4) is 11.3 Å². The van der Waals surface area contributed by atoms with E-state index in [1.165, 1.54) is 7.11 Å². The molecule has 0 saturated carbocycles. The molecule has 0 aliphatic carbocycles. The fourth-order valence-corrected chi connectivity index (χ4v) is 2.55. The molecule has 0 radical (unpaired) electrons. The minimum atomic E-state index is -0.496. The fraction of sp³-hybridized carbons (Fsp3) is 0.222. The standard InChI is InChI=1S/C18H18N2O3/c1-3-4-5-10-15-20-16(18(21)22-2)17(23-15)13-11-19-14-9-7-6-8-12(13)14/h3,6-9,11,19H,1,4-5,10H2,2H3. The predicted octanol–water partition coefficient (Wildman–Crippen LogP) is 4.12. The molecule has 1 N–H and O–H groups in total. The lowest BCUT2D eigenvalue weighted by Crippen LogP contribution is -2.03. The Bertz CT molecular complexity index is 845. The first kappa shape index (κ1) is 15.1. The monoisotopic (exact) mass is 310 g/mol. The summed E-state index contributed by atoms with van der Waals surface area (Å²) < 4.78 is 10.7. The molecule has 118 valence electrons. The van der Waals surface area contributed by atoms with Crippen LogP contribution in [0, 0.1) is 0 Å². The van der Waals surface area contributed by atoms with Gasteiger partial charge in [0.05, 0.1) is 7.11 Å². The molecule has 2 aromatic heterocycles. The number of esters is 1. The normalized spacial score (nSPS) is 10.8. The highest BCUT2D eigenvalue weighted by Crippen LogP contribution is 2.32. The summed E-state index contributed by atoms with van der Waals surface area (Å²) in [6, 6.07) is 7.84. The number of carbonyl (C=O) groups excluding carboxylic acids is 1. The number of H-pyrrole nitrogens is 1. The van der Waals surface area contributed by atoms with Gasteiger partial charge in [0, 0.05) is 29.1 Å². The predicted molar refractivity (Wildman–Crippen MR) is 88.3 cm³/mol. The maximum absolute atomic E-state index is 12.0. The molecule has 0 bridgehead atoms. The van der Waals surface area contributed by atoms with Crippen LogP contribution in [0.3, 0.4) is 0 Å². The van der Waals surface area contributed by atoms with Crippen molar-refractivity contribution in [2.75, 3.05) is 7.11 Å². The lowest BCUT2D eigenvalue weighted by molar-refractivity contribution is 0.0595.